The normalized spacial score (nSPS) is 11.6. The molecule has 0 aromatic heterocycles. The maximum atomic E-state index is 6.63. The number of nitrogen functional groups attached to an aromatic ring is 2. The topological polar surface area (TPSA) is 52.0 Å². The highest BCUT2D eigenvalue weighted by Crippen LogP contribution is 2.47. The van der Waals surface area contributed by atoms with E-state index in [9.17, 15) is 0 Å². The average Bonchev–Trinajstić information content (AvgIpc) is 2.81. The van der Waals surface area contributed by atoms with Crippen LogP contribution in [0.1, 0.15) is 0 Å². The molecule has 142 valence electrons. The Morgan fingerprint density at radius 2 is 0.500 bits per heavy atom. The van der Waals surface area contributed by atoms with Crippen molar-refractivity contribution in [3.63, 3.8) is 0 Å². The van der Waals surface area contributed by atoms with Crippen LogP contribution >= 0.6 is 0 Å². The van der Waals surface area contributed by atoms with Crippen molar-refractivity contribution >= 4 is 54.5 Å². The summed E-state index contributed by atoms with van der Waals surface area (Å²) in [7, 11) is 0. The molecule has 0 bridgehead atoms. The highest BCUT2D eigenvalue weighted by atomic mass is 14.6. The standard InChI is InChI=1S/C28H20N2/c29-27-21-13-5-1-9-17(21)25(18-10-2-6-14-22(18)27)26-19-11-3-7-15-23(19)28(30)24-16-8-4-12-20(24)26/h1-16H,29-30H2. The van der Waals surface area contributed by atoms with Gasteiger partial charge in [0.05, 0.1) is 0 Å². The number of nitrogens with two attached hydrogens (primary N) is 2. The zero-order valence-electron chi connectivity index (χ0n) is 16.4. The van der Waals surface area contributed by atoms with Crippen molar-refractivity contribution in [2.45, 2.75) is 0 Å². The molecule has 0 aliphatic rings. The van der Waals surface area contributed by atoms with E-state index < -0.39 is 0 Å². The van der Waals surface area contributed by atoms with Gasteiger partial charge in [0.2, 0.25) is 0 Å². The summed E-state index contributed by atoms with van der Waals surface area (Å²) in [4.78, 5) is 0. The first-order valence-corrected chi connectivity index (χ1v) is 10.1. The third-order valence-corrected chi connectivity index (χ3v) is 6.20. The van der Waals surface area contributed by atoms with Crippen LogP contribution in [0.25, 0.3) is 54.2 Å². The van der Waals surface area contributed by atoms with E-state index >= 15 is 0 Å². The first-order valence-electron chi connectivity index (χ1n) is 10.1. The third kappa shape index (κ3) is 2.19. The fraction of sp³-hybridized carbons (Fsp3) is 0. The van der Waals surface area contributed by atoms with Gasteiger partial charge in [0, 0.05) is 32.9 Å². The lowest BCUT2D eigenvalue weighted by molar-refractivity contribution is 1.71. The summed E-state index contributed by atoms with van der Waals surface area (Å²) in [5.74, 6) is 0. The molecule has 0 aliphatic carbocycles. The van der Waals surface area contributed by atoms with E-state index in [-0.39, 0.29) is 0 Å². The van der Waals surface area contributed by atoms with Crippen molar-refractivity contribution in [2.75, 3.05) is 11.5 Å². The van der Waals surface area contributed by atoms with Gasteiger partial charge in [-0.3, -0.25) is 0 Å². The molecule has 30 heavy (non-hydrogen) atoms. The fourth-order valence-electron chi connectivity index (χ4n) is 4.86. The number of benzene rings is 6. The van der Waals surface area contributed by atoms with Crippen LogP contribution in [0.5, 0.6) is 0 Å². The first kappa shape index (κ1) is 16.9. The molecule has 0 atom stereocenters. The second kappa shape index (κ2) is 6.23. The lowest BCUT2D eigenvalue weighted by Crippen LogP contribution is -1.96. The number of hydrogen-bond donors (Lipinski definition) is 2. The molecule has 0 unspecified atom stereocenters. The van der Waals surface area contributed by atoms with Crippen molar-refractivity contribution in [1.29, 1.82) is 0 Å². The van der Waals surface area contributed by atoms with Crippen molar-refractivity contribution < 1.29 is 0 Å². The lowest BCUT2D eigenvalue weighted by Gasteiger charge is -2.19. The first-order chi connectivity index (χ1) is 14.8. The van der Waals surface area contributed by atoms with Gasteiger partial charge < -0.3 is 11.5 Å². The molecule has 6 rings (SSSR count). The molecular formula is C28H20N2. The Balaban J connectivity index is 1.97. The minimum Gasteiger partial charge on any atom is -0.398 e. The van der Waals surface area contributed by atoms with Gasteiger partial charge in [-0.1, -0.05) is 97.1 Å². The highest BCUT2D eigenvalue weighted by molar-refractivity contribution is 6.28. The van der Waals surface area contributed by atoms with E-state index in [2.05, 4.69) is 97.1 Å². The summed E-state index contributed by atoms with van der Waals surface area (Å²) in [6.07, 6.45) is 0. The van der Waals surface area contributed by atoms with Crippen molar-refractivity contribution in [3.8, 4) is 11.1 Å². The van der Waals surface area contributed by atoms with Gasteiger partial charge in [-0.15, -0.1) is 0 Å². The number of rotatable bonds is 1. The summed E-state index contributed by atoms with van der Waals surface area (Å²) in [6, 6.07) is 33.7. The van der Waals surface area contributed by atoms with Crippen LogP contribution in [0.15, 0.2) is 97.1 Å². The van der Waals surface area contributed by atoms with Crippen LogP contribution in [0.4, 0.5) is 11.4 Å². The van der Waals surface area contributed by atoms with E-state index in [1.54, 1.807) is 0 Å². The number of anilines is 2. The van der Waals surface area contributed by atoms with E-state index in [0.717, 1.165) is 54.5 Å². The predicted molar refractivity (Wildman–Crippen MR) is 131 cm³/mol. The molecule has 0 saturated heterocycles. The van der Waals surface area contributed by atoms with Gasteiger partial charge in [0.1, 0.15) is 0 Å². The summed E-state index contributed by atoms with van der Waals surface area (Å²) in [5, 5.41) is 8.96. The Morgan fingerprint density at radius 3 is 0.733 bits per heavy atom. The van der Waals surface area contributed by atoms with Crippen molar-refractivity contribution in [2.24, 2.45) is 0 Å². The second-order valence-electron chi connectivity index (χ2n) is 7.76. The molecule has 6 aromatic rings. The van der Waals surface area contributed by atoms with E-state index in [0.29, 0.717) is 0 Å². The molecule has 0 fully saturated rings. The summed E-state index contributed by atoms with van der Waals surface area (Å²) >= 11 is 0. The van der Waals surface area contributed by atoms with E-state index in [1.807, 2.05) is 0 Å². The molecule has 6 aromatic carbocycles. The Hall–Kier alpha value is -4.04. The van der Waals surface area contributed by atoms with Gasteiger partial charge in [0.25, 0.3) is 0 Å². The molecule has 0 radical (unpaired) electrons. The van der Waals surface area contributed by atoms with Crippen LogP contribution in [0.3, 0.4) is 0 Å². The van der Waals surface area contributed by atoms with Crippen LogP contribution in [0, 0.1) is 0 Å². The number of hydrogen-bond acceptors (Lipinski definition) is 2. The molecule has 2 heteroatoms. The number of fused-ring (bicyclic) bond motifs is 4. The Kier molecular flexibility index (Phi) is 3.50. The second-order valence-corrected chi connectivity index (χ2v) is 7.76. The van der Waals surface area contributed by atoms with Gasteiger partial charge in [0.15, 0.2) is 0 Å². The lowest BCUT2D eigenvalue weighted by atomic mass is 9.85. The molecule has 0 spiro atoms. The minimum atomic E-state index is 0.828. The maximum Gasteiger partial charge on any atom is 0.0473 e. The average molecular weight is 384 g/mol. The fourth-order valence-corrected chi connectivity index (χ4v) is 4.86. The molecule has 4 N–H and O–H groups in total. The van der Waals surface area contributed by atoms with Crippen molar-refractivity contribution in [1.82, 2.24) is 0 Å². The molecular weight excluding hydrogens is 364 g/mol. The monoisotopic (exact) mass is 384 g/mol. The van der Waals surface area contributed by atoms with Crippen LogP contribution in [-0.2, 0) is 0 Å². The SMILES string of the molecule is Nc1c2ccccc2c(-c2c3ccccc3c(N)c3ccccc23)c2ccccc12. The Morgan fingerprint density at radius 1 is 0.300 bits per heavy atom. The Bertz CT molecular complexity index is 1380. The summed E-state index contributed by atoms with van der Waals surface area (Å²) < 4.78 is 0. The molecule has 0 heterocycles. The zero-order chi connectivity index (χ0) is 20.2. The summed E-state index contributed by atoms with van der Waals surface area (Å²) in [6.45, 7) is 0. The molecule has 0 saturated carbocycles. The molecule has 0 aliphatic heterocycles. The van der Waals surface area contributed by atoms with Crippen LogP contribution in [-0.4, -0.2) is 0 Å². The quantitative estimate of drug-likeness (QED) is 0.234. The maximum absolute atomic E-state index is 6.63. The molecule has 0 amide bonds. The third-order valence-electron chi connectivity index (χ3n) is 6.20. The predicted octanol–water partition coefficient (Wildman–Crippen LogP) is 7.13. The largest absolute Gasteiger partial charge is 0.398 e. The van der Waals surface area contributed by atoms with Crippen LogP contribution in [0.2, 0.25) is 0 Å². The zero-order valence-corrected chi connectivity index (χ0v) is 16.4. The van der Waals surface area contributed by atoms with Gasteiger partial charge in [-0.05, 0) is 32.7 Å². The van der Waals surface area contributed by atoms with Gasteiger partial charge >= 0.3 is 0 Å². The Labute approximate surface area is 174 Å². The highest BCUT2D eigenvalue weighted by Gasteiger charge is 2.19. The van der Waals surface area contributed by atoms with E-state index in [4.69, 9.17) is 11.5 Å². The van der Waals surface area contributed by atoms with Gasteiger partial charge in [-0.2, -0.15) is 0 Å². The molecule has 2 nitrogen and oxygen atoms in total. The van der Waals surface area contributed by atoms with Gasteiger partial charge in [-0.25, -0.2) is 0 Å². The smallest absolute Gasteiger partial charge is 0.0473 e. The van der Waals surface area contributed by atoms with Crippen LogP contribution < -0.4 is 11.5 Å². The van der Waals surface area contributed by atoms with Crippen molar-refractivity contribution in [3.05, 3.63) is 97.1 Å². The minimum absolute atomic E-state index is 0.828. The van der Waals surface area contributed by atoms with E-state index in [1.165, 1.54) is 11.1 Å². The summed E-state index contributed by atoms with van der Waals surface area (Å²) in [5.41, 5.74) is 17.3.